The number of aromatic nitrogens is 2. The van der Waals surface area contributed by atoms with Crippen LogP contribution < -0.4 is 10.9 Å². The standard InChI is InChI=1S/C18H25N3O2S/c1-4-11-21-17(23)14-7-5-6-8-15(14)20-18(21)24-12-16(22)19-10-9-13(2)3/h5-8,13H,4,9-12H2,1-3H3,(H,19,22). The van der Waals surface area contributed by atoms with E-state index in [1.54, 1.807) is 10.6 Å². The molecular formula is C18H25N3O2S. The highest BCUT2D eigenvalue weighted by Gasteiger charge is 2.12. The van der Waals surface area contributed by atoms with E-state index in [1.807, 2.05) is 25.1 Å². The number of amides is 1. The van der Waals surface area contributed by atoms with Crippen LogP contribution in [-0.2, 0) is 11.3 Å². The number of thioether (sulfide) groups is 1. The highest BCUT2D eigenvalue weighted by Crippen LogP contribution is 2.18. The van der Waals surface area contributed by atoms with Gasteiger partial charge in [0.2, 0.25) is 5.91 Å². The van der Waals surface area contributed by atoms with Gasteiger partial charge in [-0.1, -0.05) is 44.7 Å². The van der Waals surface area contributed by atoms with E-state index < -0.39 is 0 Å². The second kappa shape index (κ2) is 8.87. The van der Waals surface area contributed by atoms with Crippen LogP contribution >= 0.6 is 11.8 Å². The summed E-state index contributed by atoms with van der Waals surface area (Å²) in [7, 11) is 0. The molecule has 0 atom stereocenters. The van der Waals surface area contributed by atoms with E-state index >= 15 is 0 Å². The van der Waals surface area contributed by atoms with E-state index in [0.29, 0.717) is 35.1 Å². The topological polar surface area (TPSA) is 64.0 Å². The van der Waals surface area contributed by atoms with Gasteiger partial charge in [0.25, 0.3) is 5.56 Å². The van der Waals surface area contributed by atoms with Crippen LogP contribution in [-0.4, -0.2) is 27.8 Å². The molecule has 6 heteroatoms. The average molecular weight is 347 g/mol. The number of carbonyl (C=O) groups excluding carboxylic acids is 1. The minimum atomic E-state index is -0.0369. The summed E-state index contributed by atoms with van der Waals surface area (Å²) in [5, 5.41) is 4.15. The molecule has 0 spiro atoms. The van der Waals surface area contributed by atoms with E-state index in [4.69, 9.17) is 0 Å². The lowest BCUT2D eigenvalue weighted by molar-refractivity contribution is -0.118. The number of rotatable bonds is 8. The largest absolute Gasteiger partial charge is 0.355 e. The van der Waals surface area contributed by atoms with Crippen molar-refractivity contribution in [2.45, 2.75) is 45.3 Å². The van der Waals surface area contributed by atoms with Gasteiger partial charge in [-0.2, -0.15) is 0 Å². The molecule has 1 heterocycles. The Kier molecular flexibility index (Phi) is 6.85. The maximum absolute atomic E-state index is 12.6. The summed E-state index contributed by atoms with van der Waals surface area (Å²) in [5.74, 6) is 0.813. The van der Waals surface area contributed by atoms with Crippen LogP contribution in [0, 0.1) is 5.92 Å². The molecule has 0 aliphatic carbocycles. The first-order valence-electron chi connectivity index (χ1n) is 8.42. The Morgan fingerprint density at radius 2 is 2.08 bits per heavy atom. The lowest BCUT2D eigenvalue weighted by Gasteiger charge is -2.12. The molecule has 0 bridgehead atoms. The van der Waals surface area contributed by atoms with Gasteiger partial charge in [0.15, 0.2) is 5.16 Å². The number of para-hydroxylation sites is 1. The summed E-state index contributed by atoms with van der Waals surface area (Å²) >= 11 is 1.32. The third kappa shape index (κ3) is 4.84. The molecule has 1 aromatic carbocycles. The highest BCUT2D eigenvalue weighted by molar-refractivity contribution is 7.99. The van der Waals surface area contributed by atoms with E-state index in [2.05, 4.69) is 24.1 Å². The Bertz CT molecular complexity index is 756. The molecule has 1 amide bonds. The zero-order chi connectivity index (χ0) is 17.5. The summed E-state index contributed by atoms with van der Waals surface area (Å²) < 4.78 is 1.67. The fourth-order valence-corrected chi connectivity index (χ4v) is 3.22. The quantitative estimate of drug-likeness (QED) is 0.589. The van der Waals surface area contributed by atoms with Crippen LogP contribution in [0.25, 0.3) is 10.9 Å². The Morgan fingerprint density at radius 1 is 1.33 bits per heavy atom. The number of benzene rings is 1. The molecule has 1 N–H and O–H groups in total. The number of hydrogen-bond acceptors (Lipinski definition) is 4. The van der Waals surface area contributed by atoms with Crippen molar-refractivity contribution in [3.63, 3.8) is 0 Å². The first-order chi connectivity index (χ1) is 11.5. The molecule has 24 heavy (non-hydrogen) atoms. The first-order valence-corrected chi connectivity index (χ1v) is 9.40. The molecule has 2 rings (SSSR count). The number of fused-ring (bicyclic) bond motifs is 1. The molecule has 0 fully saturated rings. The zero-order valence-corrected chi connectivity index (χ0v) is 15.4. The van der Waals surface area contributed by atoms with Gasteiger partial charge in [0.1, 0.15) is 0 Å². The zero-order valence-electron chi connectivity index (χ0n) is 14.5. The van der Waals surface area contributed by atoms with Crippen LogP contribution in [0.2, 0.25) is 0 Å². The maximum Gasteiger partial charge on any atom is 0.262 e. The molecule has 0 aliphatic heterocycles. The van der Waals surface area contributed by atoms with Crippen LogP contribution in [0.4, 0.5) is 0 Å². The van der Waals surface area contributed by atoms with Gasteiger partial charge in [0, 0.05) is 13.1 Å². The number of carbonyl (C=O) groups is 1. The summed E-state index contributed by atoms with van der Waals surface area (Å²) in [6, 6.07) is 7.34. The van der Waals surface area contributed by atoms with Crippen molar-refractivity contribution in [2.75, 3.05) is 12.3 Å². The predicted octanol–water partition coefficient (Wildman–Crippen LogP) is 3.06. The molecule has 0 saturated heterocycles. The predicted molar refractivity (Wildman–Crippen MR) is 99.5 cm³/mol. The van der Waals surface area contributed by atoms with Crippen molar-refractivity contribution in [1.29, 1.82) is 0 Å². The summed E-state index contributed by atoms with van der Waals surface area (Å²) in [6.45, 7) is 7.57. The smallest absolute Gasteiger partial charge is 0.262 e. The first kappa shape index (κ1) is 18.5. The maximum atomic E-state index is 12.6. The lowest BCUT2D eigenvalue weighted by atomic mass is 10.1. The van der Waals surface area contributed by atoms with Crippen molar-refractivity contribution >= 4 is 28.6 Å². The van der Waals surface area contributed by atoms with Gasteiger partial charge in [0.05, 0.1) is 16.7 Å². The molecule has 0 saturated carbocycles. The Labute approximate surface area is 146 Å². The van der Waals surface area contributed by atoms with Crippen molar-refractivity contribution < 1.29 is 4.79 Å². The SMILES string of the molecule is CCCn1c(SCC(=O)NCCC(C)C)nc2ccccc2c1=O. The fraction of sp³-hybridized carbons (Fsp3) is 0.500. The van der Waals surface area contributed by atoms with E-state index in [9.17, 15) is 9.59 Å². The van der Waals surface area contributed by atoms with Crippen LogP contribution in [0.1, 0.15) is 33.6 Å². The van der Waals surface area contributed by atoms with Gasteiger partial charge in [-0.3, -0.25) is 14.2 Å². The van der Waals surface area contributed by atoms with Crippen molar-refractivity contribution in [3.05, 3.63) is 34.6 Å². The molecule has 0 radical (unpaired) electrons. The Morgan fingerprint density at radius 3 is 2.79 bits per heavy atom. The summed E-state index contributed by atoms with van der Waals surface area (Å²) in [4.78, 5) is 29.2. The second-order valence-electron chi connectivity index (χ2n) is 6.19. The lowest BCUT2D eigenvalue weighted by Crippen LogP contribution is -2.28. The average Bonchev–Trinajstić information content (AvgIpc) is 2.55. The van der Waals surface area contributed by atoms with Gasteiger partial charge in [-0.25, -0.2) is 4.98 Å². The van der Waals surface area contributed by atoms with Crippen LogP contribution in [0.5, 0.6) is 0 Å². The fourth-order valence-electron chi connectivity index (χ4n) is 2.36. The molecule has 130 valence electrons. The van der Waals surface area contributed by atoms with E-state index in [-0.39, 0.29) is 17.2 Å². The van der Waals surface area contributed by atoms with E-state index in [0.717, 1.165) is 12.8 Å². The van der Waals surface area contributed by atoms with E-state index in [1.165, 1.54) is 11.8 Å². The Balaban J connectivity index is 2.14. The molecular weight excluding hydrogens is 322 g/mol. The van der Waals surface area contributed by atoms with Gasteiger partial charge in [-0.05, 0) is 30.9 Å². The van der Waals surface area contributed by atoms with Crippen LogP contribution in [0.3, 0.4) is 0 Å². The van der Waals surface area contributed by atoms with Gasteiger partial charge in [-0.15, -0.1) is 0 Å². The van der Waals surface area contributed by atoms with Crippen molar-refractivity contribution in [1.82, 2.24) is 14.9 Å². The normalized spacial score (nSPS) is 11.2. The monoisotopic (exact) mass is 347 g/mol. The van der Waals surface area contributed by atoms with Crippen molar-refractivity contribution in [2.24, 2.45) is 5.92 Å². The summed E-state index contributed by atoms with van der Waals surface area (Å²) in [6.07, 6.45) is 1.80. The second-order valence-corrected chi connectivity index (χ2v) is 7.13. The van der Waals surface area contributed by atoms with Crippen molar-refractivity contribution in [3.8, 4) is 0 Å². The third-order valence-electron chi connectivity index (χ3n) is 3.65. The molecule has 2 aromatic rings. The number of nitrogens with zero attached hydrogens (tertiary/aromatic N) is 2. The molecule has 0 aliphatic rings. The van der Waals surface area contributed by atoms with Crippen LogP contribution in [0.15, 0.2) is 34.2 Å². The Hall–Kier alpha value is -1.82. The molecule has 1 aromatic heterocycles. The molecule has 5 nitrogen and oxygen atoms in total. The minimum Gasteiger partial charge on any atom is -0.355 e. The van der Waals surface area contributed by atoms with Gasteiger partial charge >= 0.3 is 0 Å². The van der Waals surface area contributed by atoms with Gasteiger partial charge < -0.3 is 5.32 Å². The third-order valence-corrected chi connectivity index (χ3v) is 4.63. The molecule has 0 unspecified atom stereocenters. The minimum absolute atomic E-state index is 0.0221. The summed E-state index contributed by atoms with van der Waals surface area (Å²) in [5.41, 5.74) is 0.641. The number of hydrogen-bond donors (Lipinski definition) is 1. The number of nitrogens with one attached hydrogen (secondary N) is 1. The highest BCUT2D eigenvalue weighted by atomic mass is 32.2.